The van der Waals surface area contributed by atoms with Crippen LogP contribution in [0.25, 0.3) is 0 Å². The van der Waals surface area contributed by atoms with Crippen molar-refractivity contribution in [3.8, 4) is 0 Å². The van der Waals surface area contributed by atoms with E-state index < -0.39 is 284 Å². The van der Waals surface area contributed by atoms with E-state index in [4.69, 9.17) is 71.1 Å². The number of nitrogens with one attached hydrogen (secondary N) is 3. The van der Waals surface area contributed by atoms with E-state index in [2.05, 4.69) is 16.0 Å². The number of amides is 2. The Labute approximate surface area is 536 Å². The molecule has 546 valence electrons. The number of hydrogen-bond acceptors (Lipinski definition) is 38. The van der Waals surface area contributed by atoms with Gasteiger partial charge in [-0.25, -0.2) is 0 Å². The maximum Gasteiger partial charge on any atom is 0.217 e. The Balaban J connectivity index is 1.16. The maximum absolute atomic E-state index is 13.2. The van der Waals surface area contributed by atoms with Gasteiger partial charge in [0.2, 0.25) is 17.6 Å². The van der Waals surface area contributed by atoms with E-state index in [1.54, 1.807) is 20.8 Å². The summed E-state index contributed by atoms with van der Waals surface area (Å²) in [4.78, 5) is 38.4. The van der Waals surface area contributed by atoms with Gasteiger partial charge >= 0.3 is 0 Å². The van der Waals surface area contributed by atoms with Crippen LogP contribution in [0.15, 0.2) is 0 Å². The van der Waals surface area contributed by atoms with Gasteiger partial charge in [0.1, 0.15) is 159 Å². The fourth-order valence-electron chi connectivity index (χ4n) is 12.2. The van der Waals surface area contributed by atoms with Gasteiger partial charge in [-0.15, -0.1) is 0 Å². The van der Waals surface area contributed by atoms with Gasteiger partial charge in [-0.05, 0) is 20.8 Å². The third-order valence-corrected chi connectivity index (χ3v) is 17.1. The molecule has 40 heteroatoms. The number of aliphatic carboxylic acids is 1. The van der Waals surface area contributed by atoms with E-state index in [9.17, 15) is 111 Å². The largest absolute Gasteiger partial charge is 0.544 e. The van der Waals surface area contributed by atoms with E-state index in [0.29, 0.717) is 0 Å². The predicted molar refractivity (Wildman–Crippen MR) is 294 cm³/mol. The first-order valence-electron chi connectivity index (χ1n) is 30.2. The van der Waals surface area contributed by atoms with Crippen LogP contribution in [0.5, 0.6) is 0 Å². The predicted octanol–water partition coefficient (Wildman–Crippen LogP) is -14.8. The van der Waals surface area contributed by atoms with Gasteiger partial charge in [-0.1, -0.05) is 0 Å². The maximum atomic E-state index is 13.2. The molecule has 0 aromatic carbocycles. The highest BCUT2D eigenvalue weighted by atomic mass is 16.8. The van der Waals surface area contributed by atoms with Crippen LogP contribution in [0.1, 0.15) is 41.0 Å². The second-order valence-corrected chi connectivity index (χ2v) is 24.8. The van der Waals surface area contributed by atoms with Crippen LogP contribution in [0.4, 0.5) is 0 Å². The zero-order valence-electron chi connectivity index (χ0n) is 52.1. The number of carboxylic acid groups (broad SMARTS) is 1. The van der Waals surface area contributed by atoms with Crippen LogP contribution in [0, 0.1) is 0 Å². The number of carbonyl (C=O) groups is 3. The first-order chi connectivity index (χ1) is 44.3. The van der Waals surface area contributed by atoms with E-state index in [-0.39, 0.29) is 6.54 Å². The summed E-state index contributed by atoms with van der Waals surface area (Å²) >= 11 is 0. The van der Waals surface area contributed by atoms with Gasteiger partial charge in [0, 0.05) is 46.6 Å². The Morgan fingerprint density at radius 3 is 1.35 bits per heavy atom. The molecule has 0 spiro atoms. The minimum Gasteiger partial charge on any atom is -0.544 e. The fourth-order valence-corrected chi connectivity index (χ4v) is 12.2. The zero-order chi connectivity index (χ0) is 69.7. The molecule has 94 heavy (non-hydrogen) atoms. The van der Waals surface area contributed by atoms with Crippen molar-refractivity contribution >= 4 is 17.8 Å². The van der Waals surface area contributed by atoms with E-state index in [1.807, 2.05) is 0 Å². The van der Waals surface area contributed by atoms with Crippen molar-refractivity contribution in [3.05, 3.63) is 0 Å². The SMILES string of the molecule is CO[C@@H]1OC(CO)[C@@H](O[C@@H]2OC(CO)[C@H](O[C@H]3OC(CO)[C@@H](OC)[C@H](O[C@@H]4OC(CO)[C@@H](O[C@@H]5OC(CO)[C@H](O)[C@H](O[C@@]6(C(=O)[O-])C[C@@H](O)[C@H](NC(C)=O)C(C(O)CNC(C)(C)C)O6)C5O)[C@H](O)C4NC(C)=O)C3O)[C@H](O[C@@H]3OC(CO)[C@@H](O)[C@H](O)C3O)C2O)[C@H](O)C1O. The molecule has 35 atom stereocenters. The molecule has 7 fully saturated rings. The van der Waals surface area contributed by atoms with Crippen molar-refractivity contribution in [3.63, 3.8) is 0 Å². The molecule has 2 amide bonds. The van der Waals surface area contributed by atoms with Gasteiger partial charge in [0.05, 0.1) is 57.9 Å². The molecule has 0 radical (unpaired) electrons. The Hall–Kier alpha value is -2.95. The molecule has 7 aliphatic rings. The molecule has 7 heterocycles. The lowest BCUT2D eigenvalue weighted by Gasteiger charge is -2.52. The summed E-state index contributed by atoms with van der Waals surface area (Å²) in [5.41, 5.74) is -0.642. The minimum absolute atomic E-state index is 0.318. The van der Waals surface area contributed by atoms with Gasteiger partial charge in [0.15, 0.2) is 37.7 Å². The highest BCUT2D eigenvalue weighted by molar-refractivity contribution is 5.75. The summed E-state index contributed by atoms with van der Waals surface area (Å²) in [5, 5.41) is 221. The number of β-amino-alcohol motifs (C(OH)–C–C–N with tert-alkyl or cyclic N) is 1. The van der Waals surface area contributed by atoms with Crippen molar-refractivity contribution in [2.75, 3.05) is 60.4 Å². The van der Waals surface area contributed by atoms with Gasteiger partial charge in [-0.2, -0.15) is 0 Å². The smallest absolute Gasteiger partial charge is 0.217 e. The zero-order valence-corrected chi connectivity index (χ0v) is 52.1. The summed E-state index contributed by atoms with van der Waals surface area (Å²) in [6, 6.07) is -3.38. The molecule has 0 bridgehead atoms. The van der Waals surface area contributed by atoms with Crippen molar-refractivity contribution in [2.45, 2.75) is 261 Å². The van der Waals surface area contributed by atoms with Crippen LogP contribution in [-0.4, -0.2) is 390 Å². The van der Waals surface area contributed by atoms with Crippen LogP contribution < -0.4 is 21.1 Å². The molecule has 0 aromatic rings. The molecule has 0 aromatic heterocycles. The average molecular weight is 1380 g/mol. The number of hydrogen-bond donors (Lipinski definition) is 21. The summed E-state index contributed by atoms with van der Waals surface area (Å²) in [7, 11) is 2.19. The van der Waals surface area contributed by atoms with E-state index >= 15 is 0 Å². The number of methoxy groups -OCH3 is 2. The lowest BCUT2D eigenvalue weighted by Crippen LogP contribution is -2.72. The molecular formula is C54H92N3O37-. The lowest BCUT2D eigenvalue weighted by atomic mass is 9.89. The summed E-state index contributed by atoms with van der Waals surface area (Å²) in [6.07, 6.45) is -63.9. The van der Waals surface area contributed by atoms with E-state index in [1.165, 1.54) is 0 Å². The monoisotopic (exact) mass is 1370 g/mol. The van der Waals surface area contributed by atoms with Crippen molar-refractivity contribution in [1.29, 1.82) is 0 Å². The van der Waals surface area contributed by atoms with Gasteiger partial charge in [-0.3, -0.25) is 9.59 Å². The second kappa shape index (κ2) is 33.5. The summed E-state index contributed by atoms with van der Waals surface area (Å²) < 4.78 is 87.4. The van der Waals surface area contributed by atoms with Crippen LogP contribution in [0.3, 0.4) is 0 Å². The summed E-state index contributed by atoms with van der Waals surface area (Å²) in [6.45, 7) is 0.689. The molecule has 40 nitrogen and oxygen atoms in total. The average Bonchev–Trinajstić information content (AvgIpc) is 0.769. The molecule has 0 aliphatic carbocycles. The van der Waals surface area contributed by atoms with Crippen LogP contribution in [-0.2, 0) is 85.4 Å². The van der Waals surface area contributed by atoms with Gasteiger partial charge in [0.25, 0.3) is 0 Å². The molecule has 0 saturated carbocycles. The third kappa shape index (κ3) is 17.3. The number of ether oxygens (including phenoxy) is 15. The highest BCUT2D eigenvalue weighted by Crippen LogP contribution is 2.41. The third-order valence-electron chi connectivity index (χ3n) is 17.1. The normalized spacial score (nSPS) is 46.8. The standard InChI is InChI=1S/C54H93N3O37/c1-16(64)56-26-18(66)8-54(52(78)79,93-38(26)19(67)9-55-53(3,4)5)94-43-29(69)21(11-59)83-49(35(43)75)88-39-22(12-60)84-46(27(30(39)70)57-17(2)65)91-44-36(76)51(86-24(14-62)41(44)80-6)90-42-25(15-63)87-50(89-40-23(13-61)85-47(81-7)34(74)32(40)72)37(77)45(42)92-48-33(73)31(71)28(68)20(10-58)82-48/h18-51,55,58-63,66-77H,8-15H2,1-7H3,(H,56,64)(H,57,65)(H,78,79)/p-1/t18-,19?,20?,21?,22?,23?,24?,25?,26+,27?,28-,29+,30-,31+,32-,33?,34?,35?,36?,37?,38?,39-,40-,41-,42+,43+,44-,45-,46+,47-,48+,49+,50+,51-,54-/m1/s1. The Bertz CT molecular complexity index is 2390. The number of rotatable bonds is 26. The Kier molecular flexibility index (Phi) is 27.9. The van der Waals surface area contributed by atoms with Crippen molar-refractivity contribution in [2.24, 2.45) is 0 Å². The molecule has 14 unspecified atom stereocenters. The molecule has 7 rings (SSSR count). The summed E-state index contributed by atoms with van der Waals surface area (Å²) in [5.74, 6) is -7.04. The molecular weight excluding hydrogens is 1280 g/mol. The highest BCUT2D eigenvalue weighted by Gasteiger charge is 2.61. The Morgan fingerprint density at radius 1 is 0.468 bits per heavy atom. The fraction of sp³-hybridized carbons (Fsp3) is 0.944. The molecule has 21 N–H and O–H groups in total. The number of aliphatic hydroxyl groups is 18. The minimum atomic E-state index is -3.18. The van der Waals surface area contributed by atoms with Gasteiger partial charge < -0.3 is 189 Å². The topological polar surface area (TPSA) is 613 Å². The van der Waals surface area contributed by atoms with Crippen LogP contribution >= 0.6 is 0 Å². The number of carbonyl (C=O) groups excluding carboxylic acids is 3. The van der Waals surface area contributed by atoms with Crippen molar-refractivity contribution in [1.82, 2.24) is 16.0 Å². The van der Waals surface area contributed by atoms with Crippen LogP contribution in [0.2, 0.25) is 0 Å². The first kappa shape index (κ1) is 78.4. The number of aliphatic hydroxyl groups excluding tert-OH is 18. The molecule has 7 aliphatic heterocycles. The molecule has 7 saturated heterocycles. The Morgan fingerprint density at radius 2 is 0.862 bits per heavy atom. The lowest BCUT2D eigenvalue weighted by molar-refractivity contribution is -0.411. The first-order valence-corrected chi connectivity index (χ1v) is 30.2. The van der Waals surface area contributed by atoms with E-state index in [0.717, 1.165) is 28.1 Å². The quantitative estimate of drug-likeness (QED) is 0.0382. The van der Waals surface area contributed by atoms with Crippen molar-refractivity contribution < 1.29 is 182 Å². The second-order valence-electron chi connectivity index (χ2n) is 24.8. The number of carboxylic acids is 1.